The lowest BCUT2D eigenvalue weighted by Gasteiger charge is -2.19. The highest BCUT2D eigenvalue weighted by Crippen LogP contribution is 2.27. The number of carboxylic acid groups (broad SMARTS) is 1. The van der Waals surface area contributed by atoms with Crippen molar-refractivity contribution in [1.29, 1.82) is 0 Å². The van der Waals surface area contributed by atoms with E-state index < -0.39 is 5.97 Å². The van der Waals surface area contributed by atoms with Crippen LogP contribution in [0.3, 0.4) is 0 Å². The first-order valence-electron chi connectivity index (χ1n) is 7.98. The van der Waals surface area contributed by atoms with Gasteiger partial charge in [-0.1, -0.05) is 55.5 Å². The number of aliphatic carboxylic acids is 1. The molecule has 0 saturated heterocycles. The molecule has 5 nitrogen and oxygen atoms in total. The molecule has 0 aromatic heterocycles. The van der Waals surface area contributed by atoms with Gasteiger partial charge in [0, 0.05) is 11.3 Å². The Morgan fingerprint density at radius 3 is 2.28 bits per heavy atom. The molecule has 134 valence electrons. The normalized spacial score (nSPS) is 10.2. The summed E-state index contributed by atoms with van der Waals surface area (Å²) in [5.74, 6) is -1.14. The van der Waals surface area contributed by atoms with Crippen LogP contribution in [0.25, 0.3) is 11.1 Å². The van der Waals surface area contributed by atoms with Gasteiger partial charge in [-0.25, -0.2) is 0 Å². The highest BCUT2D eigenvalue weighted by Gasteiger charge is 2.14. The third-order valence-corrected chi connectivity index (χ3v) is 3.55. The van der Waals surface area contributed by atoms with Crippen molar-refractivity contribution in [3.05, 3.63) is 54.6 Å². The Morgan fingerprint density at radius 2 is 1.64 bits per heavy atom. The first kappa shape index (κ1) is 20.7. The van der Waals surface area contributed by atoms with Crippen molar-refractivity contribution >= 4 is 30.0 Å². The van der Waals surface area contributed by atoms with Crippen molar-refractivity contribution in [2.75, 3.05) is 25.0 Å². The predicted molar refractivity (Wildman–Crippen MR) is 102 cm³/mol. The van der Waals surface area contributed by atoms with Crippen LogP contribution in [0.15, 0.2) is 54.6 Å². The molecule has 25 heavy (non-hydrogen) atoms. The van der Waals surface area contributed by atoms with Crippen molar-refractivity contribution in [1.82, 2.24) is 4.90 Å². The number of hydrogen-bond acceptors (Lipinski definition) is 3. The van der Waals surface area contributed by atoms with E-state index in [-0.39, 0.29) is 31.4 Å². The molecule has 2 aromatic carbocycles. The van der Waals surface area contributed by atoms with E-state index in [1.54, 1.807) is 4.90 Å². The number of rotatable bonds is 8. The Bertz CT molecular complexity index is 692. The standard InChI is InChI=1S/C19H22N2O3.ClH/c1-2-12-21(14-19(23)24)13-18(22)20-17-11-7-6-10-16(17)15-8-4-3-5-9-15;/h3-11H,2,12-14H2,1H3,(H,20,22)(H,23,24);1H. The second-order valence-electron chi connectivity index (χ2n) is 5.56. The molecule has 0 atom stereocenters. The number of amides is 1. The highest BCUT2D eigenvalue weighted by atomic mass is 35.5. The quantitative estimate of drug-likeness (QED) is 0.754. The summed E-state index contributed by atoms with van der Waals surface area (Å²) in [5, 5.41) is 11.8. The molecule has 2 aromatic rings. The van der Waals surface area contributed by atoms with Gasteiger partial charge in [0.25, 0.3) is 0 Å². The smallest absolute Gasteiger partial charge is 0.317 e. The summed E-state index contributed by atoms with van der Waals surface area (Å²) in [4.78, 5) is 24.8. The Balaban J connectivity index is 0.00000312. The molecule has 2 N–H and O–H groups in total. The van der Waals surface area contributed by atoms with Gasteiger partial charge >= 0.3 is 5.97 Å². The monoisotopic (exact) mass is 362 g/mol. The molecule has 2 rings (SSSR count). The maximum absolute atomic E-state index is 12.3. The van der Waals surface area contributed by atoms with Crippen LogP contribution in [-0.2, 0) is 9.59 Å². The van der Waals surface area contributed by atoms with Gasteiger partial charge in [-0.15, -0.1) is 12.4 Å². The molecular formula is C19H23ClN2O3. The third kappa shape index (κ3) is 6.57. The summed E-state index contributed by atoms with van der Waals surface area (Å²) in [5.41, 5.74) is 2.68. The van der Waals surface area contributed by atoms with Gasteiger partial charge in [-0.05, 0) is 24.6 Å². The molecule has 0 heterocycles. The first-order chi connectivity index (χ1) is 11.6. The number of nitrogens with zero attached hydrogens (tertiary/aromatic N) is 1. The minimum absolute atomic E-state index is 0. The minimum Gasteiger partial charge on any atom is -0.480 e. The van der Waals surface area contributed by atoms with Crippen LogP contribution in [0.2, 0.25) is 0 Å². The number of carboxylic acids is 1. The Kier molecular flexibility index (Phi) is 8.67. The van der Waals surface area contributed by atoms with Gasteiger partial charge in [0.1, 0.15) is 0 Å². The second-order valence-corrected chi connectivity index (χ2v) is 5.56. The summed E-state index contributed by atoms with van der Waals surface area (Å²) in [7, 11) is 0. The van der Waals surface area contributed by atoms with E-state index in [4.69, 9.17) is 5.11 Å². The lowest BCUT2D eigenvalue weighted by molar-refractivity contribution is -0.138. The van der Waals surface area contributed by atoms with E-state index in [0.717, 1.165) is 23.2 Å². The van der Waals surface area contributed by atoms with E-state index in [1.165, 1.54) is 0 Å². The molecule has 0 aliphatic heterocycles. The van der Waals surface area contributed by atoms with E-state index in [9.17, 15) is 9.59 Å². The number of carbonyl (C=O) groups is 2. The zero-order valence-corrected chi connectivity index (χ0v) is 15.0. The molecular weight excluding hydrogens is 340 g/mol. The summed E-state index contributed by atoms with van der Waals surface area (Å²) < 4.78 is 0. The van der Waals surface area contributed by atoms with Crippen molar-refractivity contribution in [3.63, 3.8) is 0 Å². The largest absolute Gasteiger partial charge is 0.480 e. The highest BCUT2D eigenvalue weighted by molar-refractivity contribution is 5.96. The number of carbonyl (C=O) groups excluding carboxylic acids is 1. The predicted octanol–water partition coefficient (Wildman–Crippen LogP) is 3.51. The summed E-state index contributed by atoms with van der Waals surface area (Å²) in [6.07, 6.45) is 0.793. The fourth-order valence-corrected chi connectivity index (χ4v) is 2.58. The second kappa shape index (κ2) is 10.5. The molecule has 0 bridgehead atoms. The fourth-order valence-electron chi connectivity index (χ4n) is 2.58. The summed E-state index contributed by atoms with van der Waals surface area (Å²) >= 11 is 0. The van der Waals surface area contributed by atoms with E-state index >= 15 is 0 Å². The van der Waals surface area contributed by atoms with Gasteiger partial charge < -0.3 is 10.4 Å². The zero-order valence-electron chi connectivity index (χ0n) is 14.1. The molecule has 0 saturated carbocycles. The van der Waals surface area contributed by atoms with Gasteiger partial charge in [-0.3, -0.25) is 14.5 Å². The number of para-hydroxylation sites is 1. The van der Waals surface area contributed by atoms with Gasteiger partial charge in [0.15, 0.2) is 0 Å². The number of anilines is 1. The van der Waals surface area contributed by atoms with Crippen LogP contribution >= 0.6 is 12.4 Å². The van der Waals surface area contributed by atoms with Gasteiger partial charge in [-0.2, -0.15) is 0 Å². The van der Waals surface area contributed by atoms with E-state index in [0.29, 0.717) is 6.54 Å². The van der Waals surface area contributed by atoms with Crippen molar-refractivity contribution in [2.45, 2.75) is 13.3 Å². The maximum atomic E-state index is 12.3. The molecule has 0 radical (unpaired) electrons. The average Bonchev–Trinajstić information content (AvgIpc) is 2.55. The topological polar surface area (TPSA) is 69.6 Å². The number of nitrogens with one attached hydrogen (secondary N) is 1. The van der Waals surface area contributed by atoms with Crippen molar-refractivity contribution in [3.8, 4) is 11.1 Å². The van der Waals surface area contributed by atoms with Gasteiger partial charge in [0.2, 0.25) is 5.91 Å². The van der Waals surface area contributed by atoms with Crippen LogP contribution in [0, 0.1) is 0 Å². The molecule has 0 spiro atoms. The molecule has 0 aliphatic carbocycles. The SMILES string of the molecule is CCCN(CC(=O)O)CC(=O)Nc1ccccc1-c1ccccc1.Cl. The van der Waals surface area contributed by atoms with E-state index in [1.807, 2.05) is 61.5 Å². The van der Waals surface area contributed by atoms with Crippen LogP contribution in [-0.4, -0.2) is 41.5 Å². The van der Waals surface area contributed by atoms with Crippen LogP contribution < -0.4 is 5.32 Å². The van der Waals surface area contributed by atoms with Crippen LogP contribution in [0.5, 0.6) is 0 Å². The molecule has 6 heteroatoms. The number of benzene rings is 2. The van der Waals surface area contributed by atoms with Crippen molar-refractivity contribution in [2.24, 2.45) is 0 Å². The number of halogens is 1. The van der Waals surface area contributed by atoms with Crippen LogP contribution in [0.1, 0.15) is 13.3 Å². The molecule has 0 fully saturated rings. The fraction of sp³-hybridized carbons (Fsp3) is 0.263. The lowest BCUT2D eigenvalue weighted by Crippen LogP contribution is -2.37. The Hall–Kier alpha value is -2.37. The van der Waals surface area contributed by atoms with E-state index in [2.05, 4.69) is 5.32 Å². The Labute approximate surface area is 154 Å². The summed E-state index contributed by atoms with van der Waals surface area (Å²) in [6, 6.07) is 17.4. The van der Waals surface area contributed by atoms with Gasteiger partial charge in [0.05, 0.1) is 13.1 Å². The summed E-state index contributed by atoms with van der Waals surface area (Å²) in [6.45, 7) is 2.45. The third-order valence-electron chi connectivity index (χ3n) is 3.55. The molecule has 0 aliphatic rings. The lowest BCUT2D eigenvalue weighted by atomic mass is 10.0. The zero-order chi connectivity index (χ0) is 17.4. The number of hydrogen-bond donors (Lipinski definition) is 2. The molecule has 0 unspecified atom stereocenters. The maximum Gasteiger partial charge on any atom is 0.317 e. The van der Waals surface area contributed by atoms with Crippen molar-refractivity contribution < 1.29 is 14.7 Å². The average molecular weight is 363 g/mol. The van der Waals surface area contributed by atoms with Crippen LogP contribution in [0.4, 0.5) is 5.69 Å². The molecule has 1 amide bonds. The minimum atomic E-state index is -0.930. The first-order valence-corrected chi connectivity index (χ1v) is 7.98. The Morgan fingerprint density at radius 1 is 1.00 bits per heavy atom.